The molecule has 0 N–H and O–H groups in total. The Labute approximate surface area is 207 Å². The fourth-order valence-corrected chi connectivity index (χ4v) is 4.94. The zero-order valence-electron chi connectivity index (χ0n) is 20.7. The van der Waals surface area contributed by atoms with Crippen LogP contribution in [0.25, 0.3) is 0 Å². The number of hydrogen-bond acceptors (Lipinski definition) is 8. The van der Waals surface area contributed by atoms with Crippen molar-refractivity contribution in [1.82, 2.24) is 14.9 Å². The largest absolute Gasteiger partial charge is 0.497 e. The molecule has 0 saturated carbocycles. The van der Waals surface area contributed by atoms with Crippen molar-refractivity contribution in [2.24, 2.45) is 0 Å². The van der Waals surface area contributed by atoms with Crippen molar-refractivity contribution in [1.29, 1.82) is 0 Å². The standard InChI is InChI=1S/C27H33N5O3/c1-33-22-8-9-25(34-2)20(16-22)18-30-11-10-23-21(19-30)17-28-27(29-23)32-14-12-31(13-15-32)24-6-4-5-7-26(24)35-3/h4-9,16-17H,10-15,18-19H2,1-3H3. The van der Waals surface area contributed by atoms with Crippen LogP contribution in [0.1, 0.15) is 16.8 Å². The summed E-state index contributed by atoms with van der Waals surface area (Å²) in [6.45, 7) is 6.18. The third-order valence-corrected chi connectivity index (χ3v) is 6.87. The first-order valence-corrected chi connectivity index (χ1v) is 12.1. The van der Waals surface area contributed by atoms with E-state index in [1.54, 1.807) is 21.3 Å². The molecule has 0 spiro atoms. The second-order valence-electron chi connectivity index (χ2n) is 8.93. The van der Waals surface area contributed by atoms with Crippen LogP contribution in [0, 0.1) is 0 Å². The average Bonchev–Trinajstić information content (AvgIpc) is 2.92. The number of rotatable bonds is 7. The highest BCUT2D eigenvalue weighted by Crippen LogP contribution is 2.30. The van der Waals surface area contributed by atoms with Gasteiger partial charge in [0.15, 0.2) is 0 Å². The Hall–Kier alpha value is -3.52. The first-order chi connectivity index (χ1) is 17.2. The van der Waals surface area contributed by atoms with E-state index in [4.69, 9.17) is 24.2 Å². The molecule has 3 aromatic rings. The van der Waals surface area contributed by atoms with E-state index in [0.717, 1.165) is 92.4 Å². The van der Waals surface area contributed by atoms with Crippen molar-refractivity contribution in [2.45, 2.75) is 19.5 Å². The fourth-order valence-electron chi connectivity index (χ4n) is 4.94. The van der Waals surface area contributed by atoms with Crippen LogP contribution < -0.4 is 24.0 Å². The summed E-state index contributed by atoms with van der Waals surface area (Å²) >= 11 is 0. The number of aromatic nitrogens is 2. The summed E-state index contributed by atoms with van der Waals surface area (Å²) in [5.74, 6) is 3.49. The van der Waals surface area contributed by atoms with Gasteiger partial charge in [0.25, 0.3) is 0 Å². The van der Waals surface area contributed by atoms with Gasteiger partial charge in [0.05, 0.1) is 32.7 Å². The number of ether oxygens (including phenoxy) is 3. The molecule has 1 saturated heterocycles. The lowest BCUT2D eigenvalue weighted by Gasteiger charge is -2.37. The number of piperazine rings is 1. The quantitative estimate of drug-likeness (QED) is 0.515. The van der Waals surface area contributed by atoms with Gasteiger partial charge in [0, 0.05) is 69.6 Å². The van der Waals surface area contributed by atoms with Gasteiger partial charge < -0.3 is 24.0 Å². The third kappa shape index (κ3) is 4.98. The zero-order valence-corrected chi connectivity index (χ0v) is 20.7. The highest BCUT2D eigenvalue weighted by molar-refractivity contribution is 5.59. The van der Waals surface area contributed by atoms with Crippen molar-refractivity contribution in [3.05, 3.63) is 65.5 Å². The van der Waals surface area contributed by atoms with E-state index in [9.17, 15) is 0 Å². The minimum Gasteiger partial charge on any atom is -0.497 e. The van der Waals surface area contributed by atoms with Crippen molar-refractivity contribution in [3.63, 3.8) is 0 Å². The van der Waals surface area contributed by atoms with Gasteiger partial charge in [0.2, 0.25) is 5.95 Å². The molecule has 3 heterocycles. The molecule has 8 heteroatoms. The Morgan fingerprint density at radius 3 is 2.37 bits per heavy atom. The molecule has 0 radical (unpaired) electrons. The number of methoxy groups -OCH3 is 3. The fraction of sp³-hybridized carbons (Fsp3) is 0.407. The van der Waals surface area contributed by atoms with Crippen LogP contribution in [0.4, 0.5) is 11.6 Å². The minimum atomic E-state index is 0.798. The molecule has 1 aromatic heterocycles. The Morgan fingerprint density at radius 2 is 1.60 bits per heavy atom. The van der Waals surface area contributed by atoms with Crippen LogP contribution in [-0.4, -0.2) is 68.9 Å². The van der Waals surface area contributed by atoms with Crippen LogP contribution in [0.15, 0.2) is 48.7 Å². The van der Waals surface area contributed by atoms with Crippen LogP contribution >= 0.6 is 0 Å². The number of hydrogen-bond donors (Lipinski definition) is 0. The number of fused-ring (bicyclic) bond motifs is 1. The van der Waals surface area contributed by atoms with Crippen LogP contribution in [0.2, 0.25) is 0 Å². The van der Waals surface area contributed by atoms with Crippen molar-refractivity contribution in [2.75, 3.05) is 63.9 Å². The van der Waals surface area contributed by atoms with Gasteiger partial charge in [-0.1, -0.05) is 12.1 Å². The van der Waals surface area contributed by atoms with Gasteiger partial charge in [-0.25, -0.2) is 9.97 Å². The average molecular weight is 476 g/mol. The van der Waals surface area contributed by atoms with E-state index in [0.29, 0.717) is 0 Å². The summed E-state index contributed by atoms with van der Waals surface area (Å²) in [4.78, 5) is 16.8. The minimum absolute atomic E-state index is 0.798. The normalized spacial score (nSPS) is 16.1. The van der Waals surface area contributed by atoms with E-state index in [1.807, 2.05) is 30.5 Å². The number of para-hydroxylation sites is 2. The molecule has 1 fully saturated rings. The second kappa shape index (κ2) is 10.4. The molecule has 2 aliphatic rings. The molecule has 2 aromatic carbocycles. The zero-order chi connectivity index (χ0) is 24.2. The summed E-state index contributed by atoms with van der Waals surface area (Å²) < 4.78 is 16.5. The molecule has 184 valence electrons. The molecular formula is C27H33N5O3. The monoisotopic (exact) mass is 475 g/mol. The molecule has 35 heavy (non-hydrogen) atoms. The van der Waals surface area contributed by atoms with E-state index in [2.05, 4.69) is 32.9 Å². The molecule has 0 bridgehead atoms. The highest BCUT2D eigenvalue weighted by atomic mass is 16.5. The Bertz CT molecular complexity index is 1160. The van der Waals surface area contributed by atoms with E-state index in [1.165, 1.54) is 5.56 Å². The number of benzene rings is 2. The SMILES string of the molecule is COc1ccc(OC)c(CN2CCc3nc(N4CCN(c5ccccc5OC)CC4)ncc3C2)c1. The van der Waals surface area contributed by atoms with Gasteiger partial charge in [-0.2, -0.15) is 0 Å². The van der Waals surface area contributed by atoms with Crippen molar-refractivity contribution in [3.8, 4) is 17.2 Å². The van der Waals surface area contributed by atoms with E-state index >= 15 is 0 Å². The van der Waals surface area contributed by atoms with E-state index < -0.39 is 0 Å². The lowest BCUT2D eigenvalue weighted by molar-refractivity contribution is 0.238. The molecular weight excluding hydrogens is 442 g/mol. The maximum atomic E-state index is 5.56. The number of nitrogens with zero attached hydrogens (tertiary/aromatic N) is 5. The van der Waals surface area contributed by atoms with Gasteiger partial charge in [-0.3, -0.25) is 4.90 Å². The van der Waals surface area contributed by atoms with Gasteiger partial charge in [0.1, 0.15) is 17.2 Å². The maximum Gasteiger partial charge on any atom is 0.225 e. The Kier molecular flexibility index (Phi) is 6.90. The number of anilines is 2. The van der Waals surface area contributed by atoms with Gasteiger partial charge in [-0.05, 0) is 30.3 Å². The topological polar surface area (TPSA) is 63.2 Å². The molecule has 0 unspecified atom stereocenters. The smallest absolute Gasteiger partial charge is 0.225 e. The summed E-state index contributed by atoms with van der Waals surface area (Å²) in [5, 5.41) is 0. The lowest BCUT2D eigenvalue weighted by Crippen LogP contribution is -2.47. The van der Waals surface area contributed by atoms with Crippen LogP contribution in [0.3, 0.4) is 0 Å². The van der Waals surface area contributed by atoms with Crippen LogP contribution in [0.5, 0.6) is 17.2 Å². The molecule has 0 amide bonds. The molecule has 0 atom stereocenters. The van der Waals surface area contributed by atoms with Crippen LogP contribution in [-0.2, 0) is 19.5 Å². The Balaban J connectivity index is 1.23. The second-order valence-corrected chi connectivity index (χ2v) is 8.93. The predicted molar refractivity (Wildman–Crippen MR) is 137 cm³/mol. The summed E-state index contributed by atoms with van der Waals surface area (Å²) in [6, 6.07) is 14.2. The molecule has 5 rings (SSSR count). The maximum absolute atomic E-state index is 5.56. The van der Waals surface area contributed by atoms with Crippen molar-refractivity contribution >= 4 is 11.6 Å². The summed E-state index contributed by atoms with van der Waals surface area (Å²) in [6.07, 6.45) is 2.93. The third-order valence-electron chi connectivity index (χ3n) is 6.87. The first-order valence-electron chi connectivity index (χ1n) is 12.1. The molecule has 0 aliphatic carbocycles. The summed E-state index contributed by atoms with van der Waals surface area (Å²) in [7, 11) is 5.13. The Morgan fingerprint density at radius 1 is 0.829 bits per heavy atom. The first kappa shape index (κ1) is 23.2. The molecule has 2 aliphatic heterocycles. The molecule has 8 nitrogen and oxygen atoms in total. The van der Waals surface area contributed by atoms with Gasteiger partial charge >= 0.3 is 0 Å². The van der Waals surface area contributed by atoms with Gasteiger partial charge in [-0.15, -0.1) is 0 Å². The lowest BCUT2D eigenvalue weighted by atomic mass is 10.1. The summed E-state index contributed by atoms with van der Waals surface area (Å²) in [5.41, 5.74) is 4.64. The highest BCUT2D eigenvalue weighted by Gasteiger charge is 2.24. The van der Waals surface area contributed by atoms with Crippen molar-refractivity contribution < 1.29 is 14.2 Å². The predicted octanol–water partition coefficient (Wildman–Crippen LogP) is 3.39. The van der Waals surface area contributed by atoms with E-state index in [-0.39, 0.29) is 0 Å².